The van der Waals surface area contributed by atoms with Crippen LogP contribution in [0.3, 0.4) is 0 Å². The highest BCUT2D eigenvalue weighted by Gasteiger charge is 2.25. The molecule has 0 aliphatic heterocycles. The van der Waals surface area contributed by atoms with Gasteiger partial charge in [0.05, 0.1) is 6.61 Å². The Labute approximate surface area is 206 Å². The summed E-state index contributed by atoms with van der Waals surface area (Å²) in [6.45, 7) is 7.58. The van der Waals surface area contributed by atoms with Crippen molar-refractivity contribution in [2.45, 2.75) is 39.9 Å². The number of nitrogens with one attached hydrogen (secondary N) is 1. The van der Waals surface area contributed by atoms with Crippen molar-refractivity contribution < 1.29 is 23.8 Å². The summed E-state index contributed by atoms with van der Waals surface area (Å²) in [5.41, 5.74) is 2.31. The first kappa shape index (κ1) is 25.6. The van der Waals surface area contributed by atoms with Gasteiger partial charge in [0.1, 0.15) is 23.7 Å². The molecule has 0 spiro atoms. The molecule has 0 aromatic heterocycles. The van der Waals surface area contributed by atoms with Gasteiger partial charge in [-0.25, -0.2) is 9.59 Å². The molecule has 0 fully saturated rings. The number of ether oxygens (including phenoxy) is 3. The van der Waals surface area contributed by atoms with Crippen molar-refractivity contribution in [3.8, 4) is 5.75 Å². The highest BCUT2D eigenvalue weighted by atomic mass is 16.6. The van der Waals surface area contributed by atoms with Gasteiger partial charge in [-0.05, 0) is 56.5 Å². The summed E-state index contributed by atoms with van der Waals surface area (Å²) >= 11 is 0. The number of alkyl carbamates (subject to hydrolysis) is 1. The van der Waals surface area contributed by atoms with Crippen LogP contribution < -0.4 is 10.1 Å². The summed E-state index contributed by atoms with van der Waals surface area (Å²) in [7, 11) is 0. The van der Waals surface area contributed by atoms with Gasteiger partial charge in [0.2, 0.25) is 0 Å². The maximum absolute atomic E-state index is 13.0. The highest BCUT2D eigenvalue weighted by Crippen LogP contribution is 2.29. The molecule has 0 aliphatic carbocycles. The third-order valence-corrected chi connectivity index (χ3v) is 4.81. The van der Waals surface area contributed by atoms with Crippen LogP contribution in [0.1, 0.15) is 44.4 Å². The predicted molar refractivity (Wildman–Crippen MR) is 136 cm³/mol. The van der Waals surface area contributed by atoms with Crippen molar-refractivity contribution in [2.75, 3.05) is 6.61 Å². The molecule has 6 nitrogen and oxygen atoms in total. The van der Waals surface area contributed by atoms with Crippen LogP contribution in [0.15, 0.2) is 90.6 Å². The minimum atomic E-state index is -0.739. The lowest BCUT2D eigenvalue weighted by atomic mass is 9.95. The molecule has 0 bridgehead atoms. The highest BCUT2D eigenvalue weighted by molar-refractivity contribution is 6.03. The van der Waals surface area contributed by atoms with Gasteiger partial charge in [-0.2, -0.15) is 0 Å². The zero-order chi connectivity index (χ0) is 25.3. The lowest BCUT2D eigenvalue weighted by molar-refractivity contribution is -0.138. The third-order valence-electron chi connectivity index (χ3n) is 4.81. The summed E-state index contributed by atoms with van der Waals surface area (Å²) < 4.78 is 16.6. The number of hydrogen-bond donors (Lipinski definition) is 1. The van der Waals surface area contributed by atoms with Gasteiger partial charge in [-0.1, -0.05) is 72.8 Å². The molecule has 1 N–H and O–H groups in total. The fourth-order valence-electron chi connectivity index (χ4n) is 3.34. The van der Waals surface area contributed by atoms with E-state index in [2.05, 4.69) is 5.32 Å². The largest absolute Gasteiger partial charge is 0.489 e. The molecule has 3 aromatic carbocycles. The van der Waals surface area contributed by atoms with Gasteiger partial charge in [-0.15, -0.1) is 0 Å². The molecule has 0 radical (unpaired) electrons. The van der Waals surface area contributed by atoms with Gasteiger partial charge in [0, 0.05) is 5.57 Å². The van der Waals surface area contributed by atoms with Crippen LogP contribution >= 0.6 is 0 Å². The molecule has 3 rings (SSSR count). The van der Waals surface area contributed by atoms with Gasteiger partial charge in [0.25, 0.3) is 0 Å². The number of benzene rings is 3. The second-order valence-electron chi connectivity index (χ2n) is 8.76. The van der Waals surface area contributed by atoms with E-state index in [4.69, 9.17) is 14.2 Å². The predicted octanol–water partition coefficient (Wildman–Crippen LogP) is 6.11. The van der Waals surface area contributed by atoms with Gasteiger partial charge in [-0.3, -0.25) is 5.32 Å². The molecule has 0 saturated heterocycles. The van der Waals surface area contributed by atoms with Crippen LogP contribution in [0, 0.1) is 0 Å². The Morgan fingerprint density at radius 2 is 1.37 bits per heavy atom. The topological polar surface area (TPSA) is 73.9 Å². The summed E-state index contributed by atoms with van der Waals surface area (Å²) in [4.78, 5) is 25.6. The molecule has 35 heavy (non-hydrogen) atoms. The van der Waals surface area contributed by atoms with Crippen LogP contribution in [0.4, 0.5) is 4.79 Å². The Morgan fingerprint density at radius 1 is 0.800 bits per heavy atom. The lowest BCUT2D eigenvalue weighted by Crippen LogP contribution is -2.35. The first-order valence-corrected chi connectivity index (χ1v) is 11.5. The fourth-order valence-corrected chi connectivity index (χ4v) is 3.34. The van der Waals surface area contributed by atoms with Crippen LogP contribution in [0.5, 0.6) is 5.75 Å². The van der Waals surface area contributed by atoms with Crippen molar-refractivity contribution in [3.63, 3.8) is 0 Å². The molecule has 1 amide bonds. The van der Waals surface area contributed by atoms with E-state index in [0.717, 1.165) is 11.1 Å². The summed E-state index contributed by atoms with van der Waals surface area (Å²) in [6, 6.07) is 26.6. The van der Waals surface area contributed by atoms with E-state index in [0.29, 0.717) is 23.5 Å². The van der Waals surface area contributed by atoms with Gasteiger partial charge < -0.3 is 14.2 Å². The van der Waals surface area contributed by atoms with Gasteiger partial charge in [0.15, 0.2) is 0 Å². The SMILES string of the molecule is CCOC(=O)C(NC(=O)OC(C)(C)C)=C(c1ccccc1)c1ccc(OCc2ccccc2)cc1. The fraction of sp³-hybridized carbons (Fsp3) is 0.241. The average molecular weight is 474 g/mol. The Hall–Kier alpha value is -4.06. The average Bonchev–Trinajstić information content (AvgIpc) is 2.83. The number of amides is 1. The molecule has 0 heterocycles. The Morgan fingerprint density at radius 3 is 1.94 bits per heavy atom. The minimum Gasteiger partial charge on any atom is -0.489 e. The molecule has 0 saturated carbocycles. The molecule has 3 aromatic rings. The third kappa shape index (κ3) is 7.74. The van der Waals surface area contributed by atoms with Crippen LogP contribution in [-0.4, -0.2) is 24.3 Å². The lowest BCUT2D eigenvalue weighted by Gasteiger charge is -2.22. The van der Waals surface area contributed by atoms with E-state index in [1.165, 1.54) is 0 Å². The molecule has 0 atom stereocenters. The molecule has 6 heteroatoms. The van der Waals surface area contributed by atoms with Crippen LogP contribution in [0.25, 0.3) is 5.57 Å². The standard InChI is InChI=1S/C29H31NO5/c1-5-33-27(31)26(30-28(32)35-29(2,3)4)25(22-14-10-7-11-15-22)23-16-18-24(19-17-23)34-20-21-12-8-6-9-13-21/h6-19H,5,20H2,1-4H3,(H,30,32). The smallest absolute Gasteiger partial charge is 0.412 e. The van der Waals surface area contributed by atoms with E-state index in [1.54, 1.807) is 27.7 Å². The first-order valence-electron chi connectivity index (χ1n) is 11.5. The van der Waals surface area contributed by atoms with Crippen molar-refractivity contribution in [1.29, 1.82) is 0 Å². The molecule has 0 unspecified atom stereocenters. The van der Waals surface area contributed by atoms with E-state index in [9.17, 15) is 9.59 Å². The van der Waals surface area contributed by atoms with E-state index in [1.807, 2.05) is 84.9 Å². The monoisotopic (exact) mass is 473 g/mol. The number of carbonyl (C=O) groups is 2. The quantitative estimate of drug-likeness (QED) is 0.315. The Kier molecular flexibility index (Phi) is 8.68. The molecule has 182 valence electrons. The first-order chi connectivity index (χ1) is 16.8. The Balaban J connectivity index is 1.99. The van der Waals surface area contributed by atoms with E-state index in [-0.39, 0.29) is 12.3 Å². The second-order valence-corrected chi connectivity index (χ2v) is 8.76. The van der Waals surface area contributed by atoms with E-state index < -0.39 is 17.7 Å². The number of carbonyl (C=O) groups excluding carboxylic acids is 2. The summed E-state index contributed by atoms with van der Waals surface area (Å²) in [5, 5.41) is 2.63. The summed E-state index contributed by atoms with van der Waals surface area (Å²) in [5.74, 6) is 0.0319. The zero-order valence-electron chi connectivity index (χ0n) is 20.5. The second kappa shape index (κ2) is 11.9. The maximum Gasteiger partial charge on any atom is 0.412 e. The maximum atomic E-state index is 13.0. The molecule has 0 aliphatic rings. The van der Waals surface area contributed by atoms with Crippen molar-refractivity contribution >= 4 is 17.6 Å². The Bertz CT molecular complexity index is 1150. The zero-order valence-corrected chi connectivity index (χ0v) is 20.5. The molecular formula is C29H31NO5. The van der Waals surface area contributed by atoms with Crippen molar-refractivity contribution in [1.82, 2.24) is 5.32 Å². The van der Waals surface area contributed by atoms with Crippen LogP contribution in [0.2, 0.25) is 0 Å². The van der Waals surface area contributed by atoms with Crippen molar-refractivity contribution in [3.05, 3.63) is 107 Å². The van der Waals surface area contributed by atoms with E-state index >= 15 is 0 Å². The number of hydrogen-bond acceptors (Lipinski definition) is 5. The van der Waals surface area contributed by atoms with Crippen molar-refractivity contribution in [2.24, 2.45) is 0 Å². The number of esters is 1. The minimum absolute atomic E-state index is 0.00486. The van der Waals surface area contributed by atoms with Crippen LogP contribution in [-0.2, 0) is 20.9 Å². The summed E-state index contributed by atoms with van der Waals surface area (Å²) in [6.07, 6.45) is -0.739. The number of rotatable bonds is 8. The van der Waals surface area contributed by atoms with Gasteiger partial charge >= 0.3 is 12.1 Å². The normalized spacial score (nSPS) is 11.8. The molecular weight excluding hydrogens is 442 g/mol.